The van der Waals surface area contributed by atoms with Gasteiger partial charge < -0.3 is 4.57 Å². The average molecular weight is 528 g/mol. The van der Waals surface area contributed by atoms with Crippen LogP contribution in [0.5, 0.6) is 0 Å². The Balaban J connectivity index is 1.48. The van der Waals surface area contributed by atoms with Crippen LogP contribution >= 0.6 is 46.6 Å². The molecular formula is C26H17Cl3N2O2S. The summed E-state index contributed by atoms with van der Waals surface area (Å²) in [5.74, 6) is -0.367. The highest BCUT2D eigenvalue weighted by molar-refractivity contribution is 8.18. The molecule has 8 heteroatoms. The van der Waals surface area contributed by atoms with Crippen LogP contribution in [0.3, 0.4) is 0 Å². The number of amides is 2. The lowest BCUT2D eigenvalue weighted by atomic mass is 10.1. The van der Waals surface area contributed by atoms with Gasteiger partial charge in [0.2, 0.25) is 0 Å². The van der Waals surface area contributed by atoms with E-state index in [1.165, 1.54) is 4.90 Å². The third-order valence-corrected chi connectivity index (χ3v) is 7.64. The predicted octanol–water partition coefficient (Wildman–Crippen LogP) is 7.89. The summed E-state index contributed by atoms with van der Waals surface area (Å²) in [6.07, 6.45) is 3.75. The second-order valence-corrected chi connectivity index (χ2v) is 10.0. The second kappa shape index (κ2) is 9.51. The number of nitrogens with zero attached hydrogens (tertiary/aromatic N) is 2. The van der Waals surface area contributed by atoms with Crippen molar-refractivity contribution in [2.45, 2.75) is 13.1 Å². The lowest BCUT2D eigenvalue weighted by molar-refractivity contribution is -0.123. The Hall–Kier alpha value is -2.70. The number of thioether (sulfide) groups is 1. The van der Waals surface area contributed by atoms with Gasteiger partial charge in [-0.3, -0.25) is 14.5 Å². The van der Waals surface area contributed by atoms with E-state index < -0.39 is 0 Å². The van der Waals surface area contributed by atoms with Crippen molar-refractivity contribution in [1.82, 2.24) is 9.47 Å². The molecule has 0 unspecified atom stereocenters. The Labute approximate surface area is 215 Å². The van der Waals surface area contributed by atoms with Gasteiger partial charge in [0, 0.05) is 49.8 Å². The molecule has 0 radical (unpaired) electrons. The lowest BCUT2D eigenvalue weighted by Crippen LogP contribution is -2.27. The van der Waals surface area contributed by atoms with Crippen LogP contribution in [0.4, 0.5) is 4.79 Å². The summed E-state index contributed by atoms with van der Waals surface area (Å²) in [4.78, 5) is 27.3. The number of benzene rings is 3. The molecule has 0 atom stereocenters. The molecule has 1 saturated heterocycles. The van der Waals surface area contributed by atoms with Crippen molar-refractivity contribution >= 4 is 74.7 Å². The van der Waals surface area contributed by atoms with Crippen LogP contribution in [0.15, 0.2) is 77.8 Å². The Morgan fingerprint density at radius 2 is 1.47 bits per heavy atom. The zero-order valence-corrected chi connectivity index (χ0v) is 20.8. The van der Waals surface area contributed by atoms with Gasteiger partial charge in [0.05, 0.1) is 11.4 Å². The third-order valence-electron chi connectivity index (χ3n) is 5.66. The molecule has 4 nitrogen and oxygen atoms in total. The summed E-state index contributed by atoms with van der Waals surface area (Å²) in [6, 6.07) is 20.7. The van der Waals surface area contributed by atoms with Crippen molar-refractivity contribution < 1.29 is 9.59 Å². The molecule has 170 valence electrons. The largest absolute Gasteiger partial charge is 0.342 e. The SMILES string of the molecule is O=C1S/C(=C\c2cn(Cc3ccccc3Cl)c3ccccc23)C(=O)N1Cc1c(Cl)cccc1Cl. The van der Waals surface area contributed by atoms with Gasteiger partial charge in [0.25, 0.3) is 11.1 Å². The van der Waals surface area contributed by atoms with Crippen LogP contribution in [-0.4, -0.2) is 20.6 Å². The average Bonchev–Trinajstić information content (AvgIpc) is 3.29. The summed E-state index contributed by atoms with van der Waals surface area (Å²) >= 11 is 19.8. The number of carbonyl (C=O) groups excluding carboxylic acids is 2. The van der Waals surface area contributed by atoms with Crippen molar-refractivity contribution in [3.8, 4) is 0 Å². The van der Waals surface area contributed by atoms with E-state index in [4.69, 9.17) is 34.8 Å². The maximum absolute atomic E-state index is 13.1. The minimum atomic E-state index is -0.367. The van der Waals surface area contributed by atoms with Gasteiger partial charge in [0.1, 0.15) is 0 Å². The first-order chi connectivity index (χ1) is 16.4. The Morgan fingerprint density at radius 1 is 0.794 bits per heavy atom. The van der Waals surface area contributed by atoms with Crippen LogP contribution < -0.4 is 0 Å². The summed E-state index contributed by atoms with van der Waals surface area (Å²) in [5.41, 5.74) is 3.40. The maximum atomic E-state index is 13.1. The minimum Gasteiger partial charge on any atom is -0.342 e. The first-order valence-corrected chi connectivity index (χ1v) is 12.4. The number of carbonyl (C=O) groups is 2. The first kappa shape index (κ1) is 23.1. The van der Waals surface area contributed by atoms with Gasteiger partial charge in [-0.25, -0.2) is 0 Å². The van der Waals surface area contributed by atoms with Gasteiger partial charge in [-0.05, 0) is 47.7 Å². The van der Waals surface area contributed by atoms with Gasteiger partial charge in [-0.2, -0.15) is 0 Å². The number of rotatable bonds is 5. The van der Waals surface area contributed by atoms with Crippen LogP contribution in [0, 0.1) is 0 Å². The van der Waals surface area contributed by atoms with Gasteiger partial charge >= 0.3 is 0 Å². The van der Waals surface area contributed by atoms with Gasteiger partial charge in [0.15, 0.2) is 0 Å². The monoisotopic (exact) mass is 526 g/mol. The zero-order valence-electron chi connectivity index (χ0n) is 17.7. The van der Waals surface area contributed by atoms with Crippen molar-refractivity contribution in [3.63, 3.8) is 0 Å². The van der Waals surface area contributed by atoms with E-state index in [-0.39, 0.29) is 17.7 Å². The molecule has 0 spiro atoms. The number of aromatic nitrogens is 1. The molecule has 0 saturated carbocycles. The number of halogens is 3. The van der Waals surface area contributed by atoms with E-state index in [1.54, 1.807) is 24.3 Å². The maximum Gasteiger partial charge on any atom is 0.293 e. The number of hydrogen-bond donors (Lipinski definition) is 0. The van der Waals surface area contributed by atoms with Crippen molar-refractivity contribution in [2.24, 2.45) is 0 Å². The van der Waals surface area contributed by atoms with Crippen LogP contribution in [-0.2, 0) is 17.9 Å². The van der Waals surface area contributed by atoms with E-state index in [2.05, 4.69) is 4.57 Å². The van der Waals surface area contributed by atoms with Crippen molar-refractivity contribution in [1.29, 1.82) is 0 Å². The predicted molar refractivity (Wildman–Crippen MR) is 140 cm³/mol. The normalized spacial score (nSPS) is 15.1. The first-order valence-electron chi connectivity index (χ1n) is 10.4. The number of hydrogen-bond acceptors (Lipinski definition) is 3. The van der Waals surface area contributed by atoms with E-state index in [1.807, 2.05) is 54.7 Å². The topological polar surface area (TPSA) is 42.3 Å². The minimum absolute atomic E-state index is 0.0226. The lowest BCUT2D eigenvalue weighted by Gasteiger charge is -2.14. The van der Waals surface area contributed by atoms with Crippen molar-refractivity contribution in [2.75, 3.05) is 0 Å². The highest BCUT2D eigenvalue weighted by Gasteiger charge is 2.36. The van der Waals surface area contributed by atoms with Crippen molar-refractivity contribution in [3.05, 3.63) is 110 Å². The fourth-order valence-electron chi connectivity index (χ4n) is 3.95. The molecule has 1 aromatic heterocycles. The fraction of sp³-hybridized carbons (Fsp3) is 0.0769. The summed E-state index contributed by atoms with van der Waals surface area (Å²) in [6.45, 7) is 0.606. The summed E-state index contributed by atoms with van der Waals surface area (Å²) in [7, 11) is 0. The number of fused-ring (bicyclic) bond motifs is 1. The molecule has 4 aromatic rings. The molecule has 1 fully saturated rings. The standard InChI is InChI=1S/C26H17Cl3N2O2S/c27-20-8-3-1-6-16(20)13-30-14-17(18-7-2-4-11-23(18)30)12-24-25(32)31(26(33)34-24)15-19-21(28)9-5-10-22(19)29/h1-12,14H,13,15H2/b24-12-. The Kier molecular flexibility index (Phi) is 6.45. The molecule has 3 aromatic carbocycles. The molecule has 0 bridgehead atoms. The molecular weight excluding hydrogens is 511 g/mol. The zero-order chi connectivity index (χ0) is 23.8. The second-order valence-electron chi connectivity index (χ2n) is 7.79. The summed E-state index contributed by atoms with van der Waals surface area (Å²) in [5, 5.41) is 2.15. The van der Waals surface area contributed by atoms with E-state index in [0.29, 0.717) is 32.1 Å². The quantitative estimate of drug-likeness (QED) is 0.248. The Bertz CT molecular complexity index is 1460. The van der Waals surface area contributed by atoms with Gasteiger partial charge in [-0.15, -0.1) is 0 Å². The molecule has 0 aliphatic carbocycles. The summed E-state index contributed by atoms with van der Waals surface area (Å²) < 4.78 is 2.09. The molecule has 34 heavy (non-hydrogen) atoms. The van der Waals surface area contributed by atoms with E-state index in [0.717, 1.165) is 33.8 Å². The molecule has 1 aliphatic heterocycles. The highest BCUT2D eigenvalue weighted by atomic mass is 35.5. The molecule has 2 heterocycles. The smallest absolute Gasteiger partial charge is 0.293 e. The van der Waals surface area contributed by atoms with E-state index in [9.17, 15) is 9.59 Å². The number of para-hydroxylation sites is 1. The van der Waals surface area contributed by atoms with Gasteiger partial charge in [-0.1, -0.05) is 77.3 Å². The molecule has 1 aliphatic rings. The number of imide groups is 1. The van der Waals surface area contributed by atoms with Crippen LogP contribution in [0.2, 0.25) is 15.1 Å². The third kappa shape index (κ3) is 4.37. The molecule has 5 rings (SSSR count). The molecule has 2 amide bonds. The fourth-order valence-corrected chi connectivity index (χ4v) is 5.49. The Morgan fingerprint density at radius 3 is 2.24 bits per heavy atom. The van der Waals surface area contributed by atoms with E-state index >= 15 is 0 Å². The van der Waals surface area contributed by atoms with Crippen LogP contribution in [0.1, 0.15) is 16.7 Å². The highest BCUT2D eigenvalue weighted by Crippen LogP contribution is 2.37. The van der Waals surface area contributed by atoms with Crippen LogP contribution in [0.25, 0.3) is 17.0 Å². The molecule has 0 N–H and O–H groups in total.